The maximum atomic E-state index is 11.8. The van der Waals surface area contributed by atoms with E-state index in [0.29, 0.717) is 52.5 Å². The third-order valence-corrected chi connectivity index (χ3v) is 3.34. The van der Waals surface area contributed by atoms with Crippen molar-refractivity contribution in [2.75, 3.05) is 81.3 Å². The van der Waals surface area contributed by atoms with E-state index in [1.807, 2.05) is 0 Å². The molecule has 0 radical (unpaired) electrons. The second kappa shape index (κ2) is 18.8. The molecule has 0 saturated heterocycles. The third-order valence-electron chi connectivity index (χ3n) is 3.34. The van der Waals surface area contributed by atoms with Crippen LogP contribution in [0.3, 0.4) is 0 Å². The summed E-state index contributed by atoms with van der Waals surface area (Å²) in [6.45, 7) is 2.93. The maximum absolute atomic E-state index is 11.8. The van der Waals surface area contributed by atoms with Crippen LogP contribution in [0, 0.1) is 0 Å². The van der Waals surface area contributed by atoms with Crippen LogP contribution in [0.1, 0.15) is 12.8 Å². The first-order chi connectivity index (χ1) is 12.7. The van der Waals surface area contributed by atoms with Crippen LogP contribution < -0.4 is 0 Å². The molecule has 0 aromatic rings. The van der Waals surface area contributed by atoms with Crippen LogP contribution >= 0.6 is 0 Å². The molecule has 9 heteroatoms. The summed E-state index contributed by atoms with van der Waals surface area (Å²) in [6.07, 6.45) is -0.117. The number of ether oxygens (including phenoxy) is 8. The van der Waals surface area contributed by atoms with Gasteiger partial charge in [-0.15, -0.1) is 0 Å². The second-order valence-corrected chi connectivity index (χ2v) is 5.41. The van der Waals surface area contributed by atoms with Crippen molar-refractivity contribution in [3.05, 3.63) is 0 Å². The van der Waals surface area contributed by atoms with Gasteiger partial charge in [0.1, 0.15) is 13.2 Å². The largest absolute Gasteiger partial charge is 0.508 e. The predicted octanol–water partition coefficient (Wildman–Crippen LogP) is 1.28. The Hall–Kier alpha value is -0.970. The molecule has 0 aromatic carbocycles. The fourth-order valence-electron chi connectivity index (χ4n) is 1.89. The first-order valence-electron chi connectivity index (χ1n) is 8.66. The van der Waals surface area contributed by atoms with Crippen molar-refractivity contribution < 1.29 is 42.7 Å². The lowest BCUT2D eigenvalue weighted by Gasteiger charge is -2.19. The monoisotopic (exact) mass is 382 g/mol. The molecule has 0 N–H and O–H groups in total. The van der Waals surface area contributed by atoms with E-state index in [0.717, 1.165) is 0 Å². The summed E-state index contributed by atoms with van der Waals surface area (Å²) in [5.74, 6) is 0. The molecule has 2 unspecified atom stereocenters. The number of hydrogen-bond donors (Lipinski definition) is 0. The molecule has 0 aromatic heterocycles. The average molecular weight is 382 g/mol. The Kier molecular flexibility index (Phi) is 18.1. The van der Waals surface area contributed by atoms with E-state index in [4.69, 9.17) is 37.9 Å². The van der Waals surface area contributed by atoms with Crippen LogP contribution in [0.2, 0.25) is 0 Å². The number of hydrogen-bond acceptors (Lipinski definition) is 9. The summed E-state index contributed by atoms with van der Waals surface area (Å²) >= 11 is 0. The van der Waals surface area contributed by atoms with Gasteiger partial charge in [0.25, 0.3) is 0 Å². The fraction of sp³-hybridized carbons (Fsp3) is 0.941. The van der Waals surface area contributed by atoms with Gasteiger partial charge in [-0.25, -0.2) is 4.79 Å². The molecule has 0 bridgehead atoms. The summed E-state index contributed by atoms with van der Waals surface area (Å²) in [7, 11) is 6.39. The zero-order valence-electron chi connectivity index (χ0n) is 16.4. The van der Waals surface area contributed by atoms with Crippen molar-refractivity contribution >= 4 is 6.16 Å². The first kappa shape index (κ1) is 25.0. The van der Waals surface area contributed by atoms with Crippen LogP contribution in [0.15, 0.2) is 0 Å². The molecular formula is C17H34O9. The Balaban J connectivity index is 4.13. The molecule has 0 aliphatic rings. The van der Waals surface area contributed by atoms with Crippen molar-refractivity contribution in [2.45, 2.75) is 25.0 Å². The van der Waals surface area contributed by atoms with Crippen LogP contribution in [0.5, 0.6) is 0 Å². The van der Waals surface area contributed by atoms with Crippen molar-refractivity contribution in [1.82, 2.24) is 0 Å². The minimum Gasteiger partial charge on any atom is -0.432 e. The smallest absolute Gasteiger partial charge is 0.432 e. The van der Waals surface area contributed by atoms with Crippen molar-refractivity contribution in [1.29, 1.82) is 0 Å². The van der Waals surface area contributed by atoms with Gasteiger partial charge in [0.15, 0.2) is 0 Å². The highest BCUT2D eigenvalue weighted by Gasteiger charge is 2.16. The Morgan fingerprint density at radius 2 is 1.00 bits per heavy atom. The normalized spacial score (nSPS) is 13.4. The van der Waals surface area contributed by atoms with E-state index in [-0.39, 0.29) is 25.4 Å². The van der Waals surface area contributed by atoms with Crippen molar-refractivity contribution in [2.24, 2.45) is 0 Å². The molecule has 0 aliphatic carbocycles. The summed E-state index contributed by atoms with van der Waals surface area (Å²) in [4.78, 5) is 11.8. The van der Waals surface area contributed by atoms with Gasteiger partial charge >= 0.3 is 6.16 Å². The molecule has 0 saturated carbocycles. The SMILES string of the molecule is COCCOC(CCOC)COC(=O)OCC(CCOC)OCCOC. The van der Waals surface area contributed by atoms with Crippen molar-refractivity contribution in [3.63, 3.8) is 0 Å². The summed E-state index contributed by atoms with van der Waals surface area (Å²) < 4.78 is 41.3. The fourth-order valence-corrected chi connectivity index (χ4v) is 1.89. The van der Waals surface area contributed by atoms with Gasteiger partial charge in [-0.2, -0.15) is 0 Å². The van der Waals surface area contributed by atoms with Gasteiger partial charge in [0.05, 0.1) is 38.6 Å². The highest BCUT2D eigenvalue weighted by atomic mass is 16.7. The zero-order valence-corrected chi connectivity index (χ0v) is 16.4. The molecule has 9 nitrogen and oxygen atoms in total. The van der Waals surface area contributed by atoms with E-state index in [1.165, 1.54) is 0 Å². The second-order valence-electron chi connectivity index (χ2n) is 5.41. The van der Waals surface area contributed by atoms with Gasteiger partial charge in [-0.3, -0.25) is 0 Å². The van der Waals surface area contributed by atoms with Gasteiger partial charge < -0.3 is 37.9 Å². The minimum absolute atomic E-state index is 0.0825. The van der Waals surface area contributed by atoms with Crippen LogP contribution in [-0.2, 0) is 37.9 Å². The standard InChI is InChI=1S/C17H34O9/c1-19-7-5-15(23-11-9-21-3)13-25-17(18)26-14-16(6-8-20-2)24-12-10-22-4/h15-16H,5-14H2,1-4H3. The predicted molar refractivity (Wildman–Crippen MR) is 93.5 cm³/mol. The van der Waals surface area contributed by atoms with E-state index in [2.05, 4.69) is 0 Å². The topological polar surface area (TPSA) is 90.9 Å². The lowest BCUT2D eigenvalue weighted by molar-refractivity contribution is -0.0585. The lowest BCUT2D eigenvalue weighted by Crippen LogP contribution is -2.28. The molecule has 2 atom stereocenters. The summed E-state index contributed by atoms with van der Waals surface area (Å²) in [5.41, 5.74) is 0. The average Bonchev–Trinajstić information content (AvgIpc) is 2.65. The Bertz CT molecular complexity index is 287. The molecule has 0 heterocycles. The molecule has 0 fully saturated rings. The van der Waals surface area contributed by atoms with Gasteiger partial charge in [0.2, 0.25) is 0 Å². The zero-order chi connectivity index (χ0) is 19.5. The number of methoxy groups -OCH3 is 4. The number of rotatable bonds is 18. The molecule has 0 spiro atoms. The van der Waals surface area contributed by atoms with Gasteiger partial charge in [0, 0.05) is 54.5 Å². The van der Waals surface area contributed by atoms with E-state index >= 15 is 0 Å². The van der Waals surface area contributed by atoms with Gasteiger partial charge in [-0.05, 0) is 0 Å². The molecule has 26 heavy (non-hydrogen) atoms. The van der Waals surface area contributed by atoms with Crippen LogP contribution in [-0.4, -0.2) is 99.7 Å². The Morgan fingerprint density at radius 1 is 0.615 bits per heavy atom. The Labute approximate surface area is 156 Å². The quantitative estimate of drug-likeness (QED) is 0.257. The number of carbonyl (C=O) groups excluding carboxylic acids is 1. The van der Waals surface area contributed by atoms with Crippen LogP contribution in [0.25, 0.3) is 0 Å². The number of carbonyl (C=O) groups is 1. The van der Waals surface area contributed by atoms with Gasteiger partial charge in [-0.1, -0.05) is 0 Å². The van der Waals surface area contributed by atoms with Crippen molar-refractivity contribution in [3.8, 4) is 0 Å². The highest BCUT2D eigenvalue weighted by molar-refractivity contribution is 5.59. The summed E-state index contributed by atoms with van der Waals surface area (Å²) in [6, 6.07) is 0. The molecule has 156 valence electrons. The lowest BCUT2D eigenvalue weighted by atomic mass is 10.3. The molecule has 0 rings (SSSR count). The maximum Gasteiger partial charge on any atom is 0.508 e. The van der Waals surface area contributed by atoms with E-state index in [1.54, 1.807) is 28.4 Å². The molecule has 0 aliphatic heterocycles. The summed E-state index contributed by atoms with van der Waals surface area (Å²) in [5, 5.41) is 0. The van der Waals surface area contributed by atoms with E-state index in [9.17, 15) is 4.79 Å². The third kappa shape index (κ3) is 15.3. The van der Waals surface area contributed by atoms with E-state index < -0.39 is 6.16 Å². The highest BCUT2D eigenvalue weighted by Crippen LogP contribution is 2.04. The Morgan fingerprint density at radius 3 is 1.35 bits per heavy atom. The molecular weight excluding hydrogens is 348 g/mol. The first-order valence-corrected chi connectivity index (χ1v) is 8.66. The van der Waals surface area contributed by atoms with Crippen LogP contribution in [0.4, 0.5) is 4.79 Å². The minimum atomic E-state index is -0.763. The molecule has 0 amide bonds.